The molecule has 23 heavy (non-hydrogen) atoms. The fourth-order valence-electron chi connectivity index (χ4n) is 4.34. The molecule has 1 aromatic heterocycles. The molecular weight excluding hydrogens is 284 g/mol. The fraction of sp³-hybridized carbons (Fsp3) is 0.550. The van der Waals surface area contributed by atoms with Crippen LogP contribution in [0.4, 0.5) is 0 Å². The van der Waals surface area contributed by atoms with Crippen molar-refractivity contribution in [2.24, 2.45) is 5.92 Å². The van der Waals surface area contributed by atoms with Crippen molar-refractivity contribution >= 4 is 16.8 Å². The van der Waals surface area contributed by atoms with Crippen LogP contribution in [0.2, 0.25) is 0 Å². The quantitative estimate of drug-likeness (QED) is 0.895. The Morgan fingerprint density at radius 3 is 2.87 bits per heavy atom. The van der Waals surface area contributed by atoms with E-state index in [4.69, 9.17) is 0 Å². The Bertz CT molecular complexity index is 697. The molecule has 1 amide bonds. The molecule has 3 nitrogen and oxygen atoms in total. The molecule has 0 spiro atoms. The van der Waals surface area contributed by atoms with E-state index >= 15 is 0 Å². The SMILES string of the molecule is O=C(CCC1CCCCC1)N1CCc2[nH]c3ccccc3c2C1. The van der Waals surface area contributed by atoms with Gasteiger partial charge in [-0.3, -0.25) is 4.79 Å². The van der Waals surface area contributed by atoms with E-state index in [1.807, 2.05) is 0 Å². The standard InChI is InChI=1S/C20H26N2O/c23-20(11-10-15-6-2-1-3-7-15)22-13-12-19-17(14-22)16-8-4-5-9-18(16)21-19/h4-5,8-9,15,21H,1-3,6-7,10-14H2. The number of H-pyrrole nitrogens is 1. The van der Waals surface area contributed by atoms with Crippen molar-refractivity contribution < 1.29 is 4.79 Å². The van der Waals surface area contributed by atoms with Crippen molar-refractivity contribution in [3.05, 3.63) is 35.5 Å². The summed E-state index contributed by atoms with van der Waals surface area (Å²) in [5, 5.41) is 1.28. The highest BCUT2D eigenvalue weighted by molar-refractivity contribution is 5.86. The van der Waals surface area contributed by atoms with Gasteiger partial charge in [0.1, 0.15) is 0 Å². The average molecular weight is 310 g/mol. The molecular formula is C20H26N2O. The van der Waals surface area contributed by atoms with Gasteiger partial charge >= 0.3 is 0 Å². The first-order valence-electron chi connectivity index (χ1n) is 9.17. The number of nitrogens with zero attached hydrogens (tertiary/aromatic N) is 1. The van der Waals surface area contributed by atoms with Gasteiger partial charge in [0.25, 0.3) is 0 Å². The minimum Gasteiger partial charge on any atom is -0.358 e. The molecule has 2 heterocycles. The molecule has 0 unspecified atom stereocenters. The van der Waals surface area contributed by atoms with E-state index in [-0.39, 0.29) is 0 Å². The van der Waals surface area contributed by atoms with Gasteiger partial charge in [-0.15, -0.1) is 0 Å². The number of fused-ring (bicyclic) bond motifs is 3. The van der Waals surface area contributed by atoms with E-state index in [0.717, 1.165) is 38.3 Å². The highest BCUT2D eigenvalue weighted by Gasteiger charge is 2.24. The Morgan fingerprint density at radius 1 is 1.17 bits per heavy atom. The molecule has 4 rings (SSSR count). The summed E-state index contributed by atoms with van der Waals surface area (Å²) in [5.41, 5.74) is 3.86. The summed E-state index contributed by atoms with van der Waals surface area (Å²) in [6, 6.07) is 8.45. The molecule has 3 heteroatoms. The van der Waals surface area contributed by atoms with Gasteiger partial charge in [0, 0.05) is 48.1 Å². The number of para-hydroxylation sites is 1. The summed E-state index contributed by atoms with van der Waals surface area (Å²) in [6.45, 7) is 1.65. The summed E-state index contributed by atoms with van der Waals surface area (Å²) >= 11 is 0. The smallest absolute Gasteiger partial charge is 0.222 e. The number of carbonyl (C=O) groups excluding carboxylic acids is 1. The number of carbonyl (C=O) groups is 1. The monoisotopic (exact) mass is 310 g/mol. The summed E-state index contributed by atoms with van der Waals surface area (Å²) < 4.78 is 0. The molecule has 1 N–H and O–H groups in total. The topological polar surface area (TPSA) is 36.1 Å². The number of nitrogens with one attached hydrogen (secondary N) is 1. The van der Waals surface area contributed by atoms with Crippen LogP contribution in [0.15, 0.2) is 24.3 Å². The second-order valence-corrected chi connectivity index (χ2v) is 7.24. The van der Waals surface area contributed by atoms with Crippen LogP contribution >= 0.6 is 0 Å². The maximum atomic E-state index is 12.6. The second-order valence-electron chi connectivity index (χ2n) is 7.24. The fourth-order valence-corrected chi connectivity index (χ4v) is 4.34. The average Bonchev–Trinajstić information content (AvgIpc) is 2.98. The summed E-state index contributed by atoms with van der Waals surface area (Å²) in [4.78, 5) is 18.2. The first-order valence-corrected chi connectivity index (χ1v) is 9.17. The second kappa shape index (κ2) is 6.38. The predicted molar refractivity (Wildman–Crippen MR) is 93.2 cm³/mol. The Balaban J connectivity index is 1.41. The van der Waals surface area contributed by atoms with Gasteiger partial charge in [0.05, 0.1) is 0 Å². The lowest BCUT2D eigenvalue weighted by molar-refractivity contribution is -0.132. The minimum atomic E-state index is 0.353. The van der Waals surface area contributed by atoms with Crippen molar-refractivity contribution in [3.8, 4) is 0 Å². The molecule has 1 saturated carbocycles. The number of amides is 1. The Morgan fingerprint density at radius 2 is 2.00 bits per heavy atom. The van der Waals surface area contributed by atoms with E-state index in [1.54, 1.807) is 0 Å². The normalized spacial score (nSPS) is 19.0. The van der Waals surface area contributed by atoms with Crippen LogP contribution in [0, 0.1) is 5.92 Å². The van der Waals surface area contributed by atoms with Crippen LogP contribution in [0.3, 0.4) is 0 Å². The van der Waals surface area contributed by atoms with Gasteiger partial charge < -0.3 is 9.88 Å². The maximum Gasteiger partial charge on any atom is 0.222 e. The molecule has 2 aliphatic rings. The highest BCUT2D eigenvalue weighted by Crippen LogP contribution is 2.30. The van der Waals surface area contributed by atoms with E-state index in [2.05, 4.69) is 34.1 Å². The summed E-state index contributed by atoms with van der Waals surface area (Å²) in [6.07, 6.45) is 9.57. The molecule has 1 aliphatic heterocycles. The number of aromatic amines is 1. The van der Waals surface area contributed by atoms with Crippen LogP contribution in [0.25, 0.3) is 10.9 Å². The first kappa shape index (κ1) is 14.8. The van der Waals surface area contributed by atoms with Gasteiger partial charge in [0.15, 0.2) is 0 Å². The van der Waals surface area contributed by atoms with E-state index < -0.39 is 0 Å². The number of hydrogen-bond acceptors (Lipinski definition) is 1. The van der Waals surface area contributed by atoms with Crippen molar-refractivity contribution in [2.45, 2.75) is 57.9 Å². The zero-order valence-electron chi connectivity index (χ0n) is 13.8. The van der Waals surface area contributed by atoms with Crippen LogP contribution in [-0.2, 0) is 17.8 Å². The van der Waals surface area contributed by atoms with Crippen molar-refractivity contribution in [1.29, 1.82) is 0 Å². The lowest BCUT2D eigenvalue weighted by Crippen LogP contribution is -2.35. The third kappa shape index (κ3) is 3.01. The summed E-state index contributed by atoms with van der Waals surface area (Å²) in [7, 11) is 0. The zero-order chi connectivity index (χ0) is 15.6. The molecule has 0 atom stereocenters. The number of hydrogen-bond donors (Lipinski definition) is 1. The van der Waals surface area contributed by atoms with Crippen molar-refractivity contribution in [2.75, 3.05) is 6.54 Å². The van der Waals surface area contributed by atoms with E-state index in [1.165, 1.54) is 54.3 Å². The molecule has 1 aromatic carbocycles. The molecule has 1 aliphatic carbocycles. The minimum absolute atomic E-state index is 0.353. The molecule has 0 bridgehead atoms. The third-order valence-electron chi connectivity index (χ3n) is 5.73. The predicted octanol–water partition coefficient (Wildman–Crippen LogP) is 4.41. The van der Waals surface area contributed by atoms with Crippen molar-refractivity contribution in [1.82, 2.24) is 9.88 Å². The molecule has 122 valence electrons. The zero-order valence-corrected chi connectivity index (χ0v) is 13.8. The van der Waals surface area contributed by atoms with Gasteiger partial charge in [-0.25, -0.2) is 0 Å². The Labute approximate surface area is 138 Å². The molecule has 1 fully saturated rings. The van der Waals surface area contributed by atoms with E-state index in [9.17, 15) is 4.79 Å². The number of rotatable bonds is 3. The van der Waals surface area contributed by atoms with Crippen molar-refractivity contribution in [3.63, 3.8) is 0 Å². The van der Waals surface area contributed by atoms with Crippen LogP contribution in [0.1, 0.15) is 56.2 Å². The highest BCUT2D eigenvalue weighted by atomic mass is 16.2. The lowest BCUT2D eigenvalue weighted by Gasteiger charge is -2.28. The van der Waals surface area contributed by atoms with Crippen LogP contribution in [-0.4, -0.2) is 22.3 Å². The number of aromatic nitrogens is 1. The molecule has 0 saturated heterocycles. The maximum absolute atomic E-state index is 12.6. The van der Waals surface area contributed by atoms with Crippen LogP contribution < -0.4 is 0 Å². The number of benzene rings is 1. The molecule has 2 aromatic rings. The lowest BCUT2D eigenvalue weighted by atomic mass is 9.86. The largest absolute Gasteiger partial charge is 0.358 e. The van der Waals surface area contributed by atoms with Gasteiger partial charge in [-0.1, -0.05) is 50.3 Å². The van der Waals surface area contributed by atoms with E-state index in [0.29, 0.717) is 5.91 Å². The third-order valence-corrected chi connectivity index (χ3v) is 5.73. The van der Waals surface area contributed by atoms with Gasteiger partial charge in [-0.2, -0.15) is 0 Å². The van der Waals surface area contributed by atoms with Crippen LogP contribution in [0.5, 0.6) is 0 Å². The molecule has 0 radical (unpaired) electrons. The van der Waals surface area contributed by atoms with Gasteiger partial charge in [-0.05, 0) is 18.4 Å². The first-order chi connectivity index (χ1) is 11.3. The van der Waals surface area contributed by atoms with Gasteiger partial charge in [0.2, 0.25) is 5.91 Å². The Hall–Kier alpha value is -1.77. The summed E-state index contributed by atoms with van der Waals surface area (Å²) in [5.74, 6) is 1.15. The Kier molecular flexibility index (Phi) is 4.11.